The molecule has 0 radical (unpaired) electrons. The van der Waals surface area contributed by atoms with E-state index in [9.17, 15) is 5.26 Å². The van der Waals surface area contributed by atoms with Gasteiger partial charge in [-0.1, -0.05) is 45.0 Å². The molecule has 1 aromatic carbocycles. The smallest absolute Gasteiger partial charge is 0.134 e. The molecular weight excluding hydrogens is 386 g/mol. The fourth-order valence-corrected chi connectivity index (χ4v) is 5.85. The van der Waals surface area contributed by atoms with E-state index in [1.807, 2.05) is 12.3 Å². The number of para-hydroxylation sites is 1. The molecule has 1 aliphatic rings. The summed E-state index contributed by atoms with van der Waals surface area (Å²) in [7, 11) is 0. The van der Waals surface area contributed by atoms with Crippen molar-refractivity contribution in [2.24, 2.45) is 16.3 Å². The van der Waals surface area contributed by atoms with Crippen LogP contribution in [0.1, 0.15) is 54.5 Å². The summed E-state index contributed by atoms with van der Waals surface area (Å²) in [6, 6.07) is 10.9. The maximum atomic E-state index is 9.85. The van der Waals surface area contributed by atoms with Crippen molar-refractivity contribution in [1.29, 1.82) is 5.26 Å². The van der Waals surface area contributed by atoms with Crippen molar-refractivity contribution in [3.8, 4) is 6.07 Å². The lowest BCUT2D eigenvalue weighted by Gasteiger charge is -2.33. The number of hydrogen-bond donors (Lipinski definition) is 0. The lowest BCUT2D eigenvalue weighted by atomic mass is 9.72. The maximum Gasteiger partial charge on any atom is 0.134 e. The summed E-state index contributed by atoms with van der Waals surface area (Å²) in [5, 5.41) is 11.9. The third-order valence-electron chi connectivity index (χ3n) is 6.49. The van der Waals surface area contributed by atoms with Crippen molar-refractivity contribution in [3.05, 3.63) is 64.2 Å². The van der Waals surface area contributed by atoms with Gasteiger partial charge in [-0.25, -0.2) is 4.99 Å². The molecule has 0 bridgehead atoms. The van der Waals surface area contributed by atoms with E-state index in [0.717, 1.165) is 41.9 Å². The predicted octanol–water partition coefficient (Wildman–Crippen LogP) is 6.97. The van der Waals surface area contributed by atoms with E-state index in [2.05, 4.69) is 69.2 Å². The van der Waals surface area contributed by atoms with Crippen molar-refractivity contribution in [2.45, 2.75) is 53.5 Å². The lowest BCUT2D eigenvalue weighted by molar-refractivity contribution is 0.218. The summed E-state index contributed by atoms with van der Waals surface area (Å²) in [5.41, 5.74) is 5.80. The number of nitriles is 1. The van der Waals surface area contributed by atoms with Crippen LogP contribution in [0.3, 0.4) is 0 Å². The molecule has 3 nitrogen and oxygen atoms in total. The van der Waals surface area contributed by atoms with Gasteiger partial charge in [0.15, 0.2) is 0 Å². The van der Waals surface area contributed by atoms with Gasteiger partial charge < -0.3 is 4.57 Å². The molecule has 0 saturated carbocycles. The summed E-state index contributed by atoms with van der Waals surface area (Å²) in [5.74, 6) is 0.658. The van der Waals surface area contributed by atoms with Gasteiger partial charge in [0.05, 0.1) is 5.56 Å². The Bertz CT molecular complexity index is 1180. The molecule has 2 heterocycles. The Balaban J connectivity index is 1.75. The molecule has 0 saturated heterocycles. The zero-order valence-electron chi connectivity index (χ0n) is 18.3. The molecule has 3 aromatic rings. The summed E-state index contributed by atoms with van der Waals surface area (Å²) in [6.45, 7) is 13.8. The van der Waals surface area contributed by atoms with Gasteiger partial charge in [-0.2, -0.15) is 5.26 Å². The Hall–Kier alpha value is -2.64. The number of hydrogen-bond acceptors (Lipinski definition) is 3. The van der Waals surface area contributed by atoms with Gasteiger partial charge in [0, 0.05) is 39.8 Å². The van der Waals surface area contributed by atoms with Gasteiger partial charge in [-0.15, -0.1) is 17.9 Å². The Morgan fingerprint density at radius 3 is 2.80 bits per heavy atom. The average molecular weight is 416 g/mol. The van der Waals surface area contributed by atoms with Crippen LogP contribution in [0.2, 0.25) is 0 Å². The molecule has 0 aliphatic heterocycles. The van der Waals surface area contributed by atoms with E-state index in [1.54, 1.807) is 11.3 Å². The number of fused-ring (bicyclic) bond motifs is 2. The Labute approximate surface area is 183 Å². The lowest BCUT2D eigenvalue weighted by Crippen LogP contribution is -2.26. The molecule has 0 spiro atoms. The van der Waals surface area contributed by atoms with E-state index in [0.29, 0.717) is 11.3 Å². The standard InChI is InChI=1S/C26H29N3S/c1-6-13-29-17(2)22(19-9-7-8-10-23(19)29)16-28-25-21(15-27)20-12-11-18(26(3,4)5)14-24(20)30-25/h6-10,16,18H,1,11-14H2,2-5H3/b28-16+. The molecule has 2 aromatic heterocycles. The molecule has 1 aliphatic carbocycles. The van der Waals surface area contributed by atoms with Crippen molar-refractivity contribution in [2.75, 3.05) is 0 Å². The van der Waals surface area contributed by atoms with Crippen LogP contribution >= 0.6 is 11.3 Å². The minimum Gasteiger partial charge on any atom is -0.340 e. The number of allylic oxidation sites excluding steroid dienone is 1. The van der Waals surface area contributed by atoms with Crippen molar-refractivity contribution < 1.29 is 0 Å². The first-order chi connectivity index (χ1) is 14.3. The van der Waals surface area contributed by atoms with Gasteiger partial charge >= 0.3 is 0 Å². The van der Waals surface area contributed by atoms with Gasteiger partial charge in [-0.3, -0.25) is 0 Å². The molecule has 4 rings (SSSR count). The number of benzene rings is 1. The van der Waals surface area contributed by atoms with Crippen LogP contribution in [-0.2, 0) is 19.4 Å². The second-order valence-electron chi connectivity index (χ2n) is 9.28. The Kier molecular flexibility index (Phi) is 5.42. The number of aromatic nitrogens is 1. The topological polar surface area (TPSA) is 41.1 Å². The monoisotopic (exact) mass is 415 g/mol. The van der Waals surface area contributed by atoms with E-state index >= 15 is 0 Å². The van der Waals surface area contributed by atoms with Gasteiger partial charge in [-0.05, 0) is 49.1 Å². The first-order valence-corrected chi connectivity index (χ1v) is 11.4. The quantitative estimate of drug-likeness (QED) is 0.335. The van der Waals surface area contributed by atoms with Crippen molar-refractivity contribution >= 4 is 33.5 Å². The summed E-state index contributed by atoms with van der Waals surface area (Å²) in [6.07, 6.45) is 7.08. The largest absolute Gasteiger partial charge is 0.340 e. The zero-order chi connectivity index (χ0) is 21.5. The normalized spacial score (nSPS) is 16.7. The number of rotatable bonds is 4. The fourth-order valence-electron chi connectivity index (χ4n) is 4.63. The molecule has 30 heavy (non-hydrogen) atoms. The number of nitrogens with zero attached hydrogens (tertiary/aromatic N) is 3. The van der Waals surface area contributed by atoms with Gasteiger partial charge in [0.25, 0.3) is 0 Å². The second kappa shape index (κ2) is 7.89. The fraction of sp³-hybridized carbons (Fsp3) is 0.385. The zero-order valence-corrected chi connectivity index (χ0v) is 19.1. The minimum atomic E-state index is 0.294. The van der Waals surface area contributed by atoms with Crippen LogP contribution in [-0.4, -0.2) is 10.8 Å². The average Bonchev–Trinajstić information content (AvgIpc) is 3.20. The number of thiophene rings is 1. The highest BCUT2D eigenvalue weighted by molar-refractivity contribution is 7.16. The van der Waals surface area contributed by atoms with Crippen LogP contribution in [0.4, 0.5) is 5.00 Å². The van der Waals surface area contributed by atoms with Crippen LogP contribution in [0.15, 0.2) is 41.9 Å². The second-order valence-corrected chi connectivity index (χ2v) is 10.4. The highest BCUT2D eigenvalue weighted by Crippen LogP contribution is 2.45. The Morgan fingerprint density at radius 1 is 1.33 bits per heavy atom. The van der Waals surface area contributed by atoms with E-state index in [-0.39, 0.29) is 0 Å². The molecule has 0 fully saturated rings. The Morgan fingerprint density at radius 2 is 2.10 bits per heavy atom. The highest BCUT2D eigenvalue weighted by Gasteiger charge is 2.32. The molecule has 0 N–H and O–H groups in total. The molecular formula is C26H29N3S. The maximum absolute atomic E-state index is 9.85. The number of aliphatic imine (C=N–C) groups is 1. The first-order valence-electron chi connectivity index (χ1n) is 10.6. The minimum absolute atomic E-state index is 0.294. The summed E-state index contributed by atoms with van der Waals surface area (Å²) in [4.78, 5) is 6.21. The SMILES string of the molecule is C=CCn1c(C)c(/C=N/c2sc3c(c2C#N)CCC(C(C)(C)C)C3)c2ccccc21. The summed E-state index contributed by atoms with van der Waals surface area (Å²) < 4.78 is 2.27. The van der Waals surface area contributed by atoms with Crippen LogP contribution in [0.25, 0.3) is 10.9 Å². The third kappa shape index (κ3) is 3.52. The van der Waals surface area contributed by atoms with Crippen LogP contribution < -0.4 is 0 Å². The first kappa shape index (κ1) is 20.6. The highest BCUT2D eigenvalue weighted by atomic mass is 32.1. The summed E-state index contributed by atoms with van der Waals surface area (Å²) >= 11 is 1.71. The van der Waals surface area contributed by atoms with Crippen molar-refractivity contribution in [3.63, 3.8) is 0 Å². The van der Waals surface area contributed by atoms with E-state index in [4.69, 9.17) is 4.99 Å². The van der Waals surface area contributed by atoms with Gasteiger partial charge in [0.1, 0.15) is 11.1 Å². The molecule has 154 valence electrons. The molecule has 4 heteroatoms. The molecule has 0 amide bonds. The predicted molar refractivity (Wildman–Crippen MR) is 128 cm³/mol. The van der Waals surface area contributed by atoms with Crippen LogP contribution in [0.5, 0.6) is 0 Å². The molecule has 1 atom stereocenters. The third-order valence-corrected chi connectivity index (χ3v) is 7.65. The van der Waals surface area contributed by atoms with Crippen LogP contribution in [0, 0.1) is 29.6 Å². The van der Waals surface area contributed by atoms with E-state index in [1.165, 1.54) is 27.0 Å². The van der Waals surface area contributed by atoms with Crippen molar-refractivity contribution in [1.82, 2.24) is 4.57 Å². The van der Waals surface area contributed by atoms with E-state index < -0.39 is 0 Å². The molecule has 1 unspecified atom stereocenters. The van der Waals surface area contributed by atoms with Gasteiger partial charge in [0.2, 0.25) is 0 Å².